The van der Waals surface area contributed by atoms with E-state index < -0.39 is 5.97 Å². The Morgan fingerprint density at radius 2 is 2.09 bits per heavy atom. The van der Waals surface area contributed by atoms with Crippen LogP contribution in [0, 0.1) is 0 Å². The molecule has 2 rings (SSSR count). The van der Waals surface area contributed by atoms with E-state index in [-0.39, 0.29) is 5.91 Å². The lowest BCUT2D eigenvalue weighted by atomic mass is 10.0. The van der Waals surface area contributed by atoms with Crippen molar-refractivity contribution in [3.63, 3.8) is 0 Å². The number of esters is 1. The molecule has 0 unspecified atom stereocenters. The molecule has 0 saturated heterocycles. The van der Waals surface area contributed by atoms with E-state index in [4.69, 9.17) is 4.74 Å². The highest BCUT2D eigenvalue weighted by Crippen LogP contribution is 2.32. The molecule has 0 radical (unpaired) electrons. The fourth-order valence-corrected chi connectivity index (χ4v) is 2.72. The fraction of sp³-hybridized carbons (Fsp3) is 0.176. The maximum absolute atomic E-state index is 12.6. The molecule has 0 fully saturated rings. The van der Waals surface area contributed by atoms with Crippen LogP contribution in [0.2, 0.25) is 0 Å². The first-order valence-corrected chi connectivity index (χ1v) is 7.49. The first-order valence-electron chi connectivity index (χ1n) is 6.69. The summed E-state index contributed by atoms with van der Waals surface area (Å²) in [6.45, 7) is 5.72. The minimum Gasteiger partial charge on any atom is -0.465 e. The van der Waals surface area contributed by atoms with E-state index in [1.165, 1.54) is 12.0 Å². The lowest BCUT2D eigenvalue weighted by Crippen LogP contribution is -2.25. The first-order chi connectivity index (χ1) is 10.5. The Hall–Kier alpha value is -2.14. The lowest BCUT2D eigenvalue weighted by molar-refractivity contribution is -0.136. The van der Waals surface area contributed by atoms with E-state index in [1.54, 1.807) is 19.1 Å². The van der Waals surface area contributed by atoms with Crippen LogP contribution < -0.4 is 0 Å². The number of carbonyl (C=O) groups excluding carboxylic acids is 2. The third kappa shape index (κ3) is 2.90. The second kappa shape index (κ2) is 6.75. The molecule has 0 atom stereocenters. The second-order valence-corrected chi connectivity index (χ2v) is 5.59. The number of hydrogen-bond acceptors (Lipinski definition) is 3. The predicted molar refractivity (Wildman–Crippen MR) is 88.7 cm³/mol. The van der Waals surface area contributed by atoms with Crippen molar-refractivity contribution in [3.05, 3.63) is 63.8 Å². The third-order valence-corrected chi connectivity index (χ3v) is 4.14. The molecule has 0 N–H and O–H groups in total. The monoisotopic (exact) mass is 361 g/mol. The van der Waals surface area contributed by atoms with Crippen LogP contribution in [0.15, 0.2) is 58.2 Å². The Kier molecular flexibility index (Phi) is 4.98. The summed E-state index contributed by atoms with van der Waals surface area (Å²) < 4.78 is 5.67. The summed E-state index contributed by atoms with van der Waals surface area (Å²) in [6, 6.07) is 7.49. The molecule has 4 nitrogen and oxygen atoms in total. The molecular weight excluding hydrogens is 346 g/mol. The Bertz CT molecular complexity index is 704. The van der Waals surface area contributed by atoms with Gasteiger partial charge in [0.25, 0.3) is 5.91 Å². The molecule has 0 aromatic heterocycles. The van der Waals surface area contributed by atoms with Gasteiger partial charge in [0.1, 0.15) is 0 Å². The number of allylic oxidation sites excluding steroid dienone is 1. The van der Waals surface area contributed by atoms with Crippen LogP contribution in [0.5, 0.6) is 0 Å². The van der Waals surface area contributed by atoms with E-state index in [0.717, 1.165) is 10.0 Å². The van der Waals surface area contributed by atoms with E-state index in [0.29, 0.717) is 23.4 Å². The molecular formula is C17H16BrNO3. The maximum Gasteiger partial charge on any atom is 0.340 e. The smallest absolute Gasteiger partial charge is 0.340 e. The van der Waals surface area contributed by atoms with Gasteiger partial charge < -0.3 is 9.64 Å². The number of benzene rings is 1. The molecule has 1 aliphatic rings. The summed E-state index contributed by atoms with van der Waals surface area (Å²) in [7, 11) is 1.30. The van der Waals surface area contributed by atoms with Gasteiger partial charge >= 0.3 is 5.97 Å². The van der Waals surface area contributed by atoms with Crippen LogP contribution in [0.4, 0.5) is 0 Å². The third-order valence-electron chi connectivity index (χ3n) is 3.42. The van der Waals surface area contributed by atoms with Gasteiger partial charge in [-0.3, -0.25) is 4.79 Å². The SMILES string of the molecule is C=CCN1C(=O)/C(=C\c2ccccc2Br)C(C(=O)OC)=C1C. The van der Waals surface area contributed by atoms with Crippen molar-refractivity contribution in [1.82, 2.24) is 4.90 Å². The molecule has 1 amide bonds. The number of methoxy groups -OCH3 is 1. The highest BCUT2D eigenvalue weighted by molar-refractivity contribution is 9.10. The molecule has 1 aromatic rings. The molecule has 0 saturated carbocycles. The molecule has 22 heavy (non-hydrogen) atoms. The quantitative estimate of drug-likeness (QED) is 0.469. The van der Waals surface area contributed by atoms with Crippen molar-refractivity contribution in [2.24, 2.45) is 0 Å². The predicted octanol–water partition coefficient (Wildman–Crippen LogP) is 3.31. The lowest BCUT2D eigenvalue weighted by Gasteiger charge is -2.14. The molecule has 114 valence electrons. The number of nitrogens with zero attached hydrogens (tertiary/aromatic N) is 1. The molecule has 1 aromatic carbocycles. The number of halogens is 1. The van der Waals surface area contributed by atoms with Crippen molar-refractivity contribution < 1.29 is 14.3 Å². The summed E-state index contributed by atoms with van der Waals surface area (Å²) >= 11 is 3.44. The molecule has 0 spiro atoms. The average molecular weight is 362 g/mol. The number of ether oxygens (including phenoxy) is 1. The van der Waals surface area contributed by atoms with Crippen molar-refractivity contribution in [2.45, 2.75) is 6.92 Å². The number of hydrogen-bond donors (Lipinski definition) is 0. The number of rotatable bonds is 4. The molecule has 1 aliphatic heterocycles. The van der Waals surface area contributed by atoms with Gasteiger partial charge in [0, 0.05) is 16.7 Å². The minimum atomic E-state index is -0.518. The van der Waals surface area contributed by atoms with E-state index in [9.17, 15) is 9.59 Å². The molecule has 1 heterocycles. The summed E-state index contributed by atoms with van der Waals surface area (Å²) in [6.07, 6.45) is 3.32. The van der Waals surface area contributed by atoms with Crippen LogP contribution in [-0.2, 0) is 14.3 Å². The van der Waals surface area contributed by atoms with Crippen LogP contribution in [0.25, 0.3) is 6.08 Å². The normalized spacial score (nSPS) is 16.4. The summed E-state index contributed by atoms with van der Waals surface area (Å²) in [5, 5.41) is 0. The molecule has 0 aliphatic carbocycles. The highest BCUT2D eigenvalue weighted by Gasteiger charge is 2.36. The zero-order chi connectivity index (χ0) is 16.3. The van der Waals surface area contributed by atoms with Gasteiger partial charge in [-0.05, 0) is 24.6 Å². The van der Waals surface area contributed by atoms with Gasteiger partial charge in [-0.25, -0.2) is 4.79 Å². The maximum atomic E-state index is 12.6. The van der Waals surface area contributed by atoms with E-state index >= 15 is 0 Å². The average Bonchev–Trinajstić information content (AvgIpc) is 2.74. The van der Waals surface area contributed by atoms with Crippen molar-refractivity contribution in [3.8, 4) is 0 Å². The van der Waals surface area contributed by atoms with Crippen LogP contribution in [0.3, 0.4) is 0 Å². The number of amides is 1. The summed E-state index contributed by atoms with van der Waals surface area (Å²) in [4.78, 5) is 26.2. The Morgan fingerprint density at radius 3 is 2.68 bits per heavy atom. The van der Waals surface area contributed by atoms with Crippen LogP contribution >= 0.6 is 15.9 Å². The zero-order valence-corrected chi connectivity index (χ0v) is 14.0. The second-order valence-electron chi connectivity index (χ2n) is 4.74. The Labute approximate surface area is 137 Å². The molecule has 5 heteroatoms. The summed E-state index contributed by atoms with van der Waals surface area (Å²) in [5.74, 6) is -0.746. The minimum absolute atomic E-state index is 0.228. The van der Waals surface area contributed by atoms with Crippen molar-refractivity contribution in [2.75, 3.05) is 13.7 Å². The van der Waals surface area contributed by atoms with Gasteiger partial charge in [0.05, 0.1) is 18.3 Å². The van der Waals surface area contributed by atoms with Crippen LogP contribution in [-0.4, -0.2) is 30.4 Å². The Morgan fingerprint density at radius 1 is 1.41 bits per heavy atom. The van der Waals surface area contributed by atoms with Gasteiger partial charge in [-0.15, -0.1) is 6.58 Å². The van der Waals surface area contributed by atoms with E-state index in [1.807, 2.05) is 24.3 Å². The van der Waals surface area contributed by atoms with Gasteiger partial charge in [-0.1, -0.05) is 40.2 Å². The van der Waals surface area contributed by atoms with Gasteiger partial charge in [-0.2, -0.15) is 0 Å². The summed E-state index contributed by atoms with van der Waals surface area (Å²) in [5.41, 5.74) is 2.03. The van der Waals surface area contributed by atoms with Gasteiger partial charge in [0.2, 0.25) is 0 Å². The largest absolute Gasteiger partial charge is 0.465 e. The topological polar surface area (TPSA) is 46.6 Å². The fourth-order valence-electron chi connectivity index (χ4n) is 2.32. The highest BCUT2D eigenvalue weighted by atomic mass is 79.9. The standard InChI is InChI=1S/C17H16BrNO3/c1-4-9-19-11(2)15(17(21)22-3)13(16(19)20)10-12-7-5-6-8-14(12)18/h4-8,10H,1,9H2,2-3H3/b13-10-. The van der Waals surface area contributed by atoms with Crippen LogP contribution in [0.1, 0.15) is 12.5 Å². The van der Waals surface area contributed by atoms with E-state index in [2.05, 4.69) is 22.5 Å². The number of carbonyl (C=O) groups is 2. The van der Waals surface area contributed by atoms with Crippen molar-refractivity contribution in [1.29, 1.82) is 0 Å². The first kappa shape index (κ1) is 16.2. The Balaban J connectivity index is 2.58. The van der Waals surface area contributed by atoms with Gasteiger partial charge in [0.15, 0.2) is 0 Å². The zero-order valence-electron chi connectivity index (χ0n) is 12.4. The van der Waals surface area contributed by atoms with Crippen molar-refractivity contribution >= 4 is 33.9 Å². The molecule has 0 bridgehead atoms.